The van der Waals surface area contributed by atoms with Crippen LogP contribution in [0.25, 0.3) is 10.9 Å². The first-order valence-electron chi connectivity index (χ1n) is 10.8. The second kappa shape index (κ2) is 9.79. The average molecular weight is 456 g/mol. The highest BCUT2D eigenvalue weighted by Gasteiger charge is 2.26. The van der Waals surface area contributed by atoms with E-state index in [4.69, 9.17) is 23.8 Å². The van der Waals surface area contributed by atoms with Gasteiger partial charge in [0.25, 0.3) is 5.56 Å². The summed E-state index contributed by atoms with van der Waals surface area (Å²) in [7, 11) is 0. The number of fused-ring (bicyclic) bond motifs is 1. The molecule has 0 saturated heterocycles. The van der Waals surface area contributed by atoms with Crippen LogP contribution in [-0.4, -0.2) is 22.0 Å². The highest BCUT2D eigenvalue weighted by Crippen LogP contribution is 2.30. The van der Waals surface area contributed by atoms with E-state index >= 15 is 0 Å². The Bertz CT molecular complexity index is 1200. The van der Waals surface area contributed by atoms with Crippen molar-refractivity contribution in [3.63, 3.8) is 0 Å². The number of carbonyl (C=O) groups excluding carboxylic acids is 1. The molecule has 162 valence electrons. The van der Waals surface area contributed by atoms with Crippen molar-refractivity contribution in [1.29, 1.82) is 0 Å². The highest BCUT2D eigenvalue weighted by atomic mass is 35.5. The third kappa shape index (κ3) is 5.08. The molecule has 2 N–H and O–H groups in total. The van der Waals surface area contributed by atoms with E-state index in [9.17, 15) is 9.59 Å². The third-order valence-corrected chi connectivity index (χ3v) is 6.89. The molecule has 3 aromatic rings. The molecular weight excluding hydrogens is 430 g/mol. The molecule has 2 aromatic carbocycles. The summed E-state index contributed by atoms with van der Waals surface area (Å²) >= 11 is 11.6. The molecule has 0 radical (unpaired) electrons. The smallest absolute Gasteiger partial charge is 0.262 e. The number of nitrogens with zero attached hydrogens (tertiary/aromatic N) is 1. The number of rotatable bonds is 6. The maximum atomic E-state index is 12.9. The first-order valence-corrected chi connectivity index (χ1v) is 11.5. The zero-order chi connectivity index (χ0) is 21.8. The maximum absolute atomic E-state index is 12.9. The lowest BCUT2D eigenvalue weighted by Gasteiger charge is -2.28. The summed E-state index contributed by atoms with van der Waals surface area (Å²) < 4.78 is 2.13. The molecular formula is C24H26ClN3O2S. The van der Waals surface area contributed by atoms with Crippen LogP contribution >= 0.6 is 23.8 Å². The molecule has 1 fully saturated rings. The quantitative estimate of drug-likeness (QED) is 0.520. The number of amides is 1. The van der Waals surface area contributed by atoms with E-state index in [2.05, 4.69) is 10.3 Å². The van der Waals surface area contributed by atoms with Gasteiger partial charge in [0.1, 0.15) is 0 Å². The molecule has 1 aliphatic rings. The number of nitrogens with one attached hydrogen (secondary N) is 2. The molecule has 7 heteroatoms. The molecule has 1 heterocycles. The Hall–Kier alpha value is -2.44. The number of benzene rings is 2. The Kier molecular flexibility index (Phi) is 6.88. The van der Waals surface area contributed by atoms with Crippen LogP contribution in [0.1, 0.15) is 31.2 Å². The van der Waals surface area contributed by atoms with Crippen molar-refractivity contribution < 1.29 is 4.79 Å². The Balaban J connectivity index is 1.30. The maximum Gasteiger partial charge on any atom is 0.262 e. The summed E-state index contributed by atoms with van der Waals surface area (Å²) in [5.74, 6) is 0.497. The Labute approximate surface area is 191 Å². The van der Waals surface area contributed by atoms with Crippen molar-refractivity contribution in [2.75, 3.05) is 6.54 Å². The number of hydrogen-bond donors (Lipinski definition) is 2. The summed E-state index contributed by atoms with van der Waals surface area (Å²) in [5.41, 5.74) is 1.77. The van der Waals surface area contributed by atoms with Gasteiger partial charge in [-0.3, -0.25) is 14.2 Å². The van der Waals surface area contributed by atoms with Crippen molar-refractivity contribution in [1.82, 2.24) is 14.9 Å². The fraction of sp³-hybridized carbons (Fsp3) is 0.375. The minimum Gasteiger partial charge on any atom is -0.356 e. The van der Waals surface area contributed by atoms with Crippen LogP contribution in [0.3, 0.4) is 0 Å². The molecule has 0 atom stereocenters. The minimum atomic E-state index is -0.0428. The number of halogens is 1. The van der Waals surface area contributed by atoms with Gasteiger partial charge in [0, 0.05) is 24.0 Å². The summed E-state index contributed by atoms with van der Waals surface area (Å²) in [6.07, 6.45) is 4.22. The highest BCUT2D eigenvalue weighted by molar-refractivity contribution is 7.71. The topological polar surface area (TPSA) is 66.9 Å². The lowest BCUT2D eigenvalue weighted by atomic mass is 9.81. The van der Waals surface area contributed by atoms with E-state index in [1.807, 2.05) is 48.5 Å². The molecule has 1 aliphatic carbocycles. The molecule has 0 aliphatic heterocycles. The normalized spacial score (nSPS) is 18.7. The summed E-state index contributed by atoms with van der Waals surface area (Å²) in [6, 6.07) is 15.2. The minimum absolute atomic E-state index is 0.0327. The van der Waals surface area contributed by atoms with Gasteiger partial charge in [0.15, 0.2) is 4.77 Å². The molecule has 5 nitrogen and oxygen atoms in total. The average Bonchev–Trinajstić information content (AvgIpc) is 2.78. The molecule has 0 bridgehead atoms. The number of para-hydroxylation sites is 1. The zero-order valence-electron chi connectivity index (χ0n) is 17.3. The molecule has 31 heavy (non-hydrogen) atoms. The summed E-state index contributed by atoms with van der Waals surface area (Å²) in [5, 5.41) is 4.45. The monoisotopic (exact) mass is 455 g/mol. The van der Waals surface area contributed by atoms with Gasteiger partial charge in [-0.2, -0.15) is 0 Å². The van der Waals surface area contributed by atoms with Gasteiger partial charge in [-0.15, -0.1) is 0 Å². The van der Waals surface area contributed by atoms with Crippen LogP contribution in [0.2, 0.25) is 5.02 Å². The number of hydrogen-bond acceptors (Lipinski definition) is 3. The SMILES string of the molecule is O=C(NCCc1ccccc1Cl)C1CCC(Cn2c(=S)[nH]c3ccccc3c2=O)CC1. The van der Waals surface area contributed by atoms with Gasteiger partial charge in [-0.05, 0) is 74.0 Å². The molecule has 0 unspecified atom stereocenters. The van der Waals surface area contributed by atoms with Crippen molar-refractivity contribution in [2.45, 2.75) is 38.6 Å². The Morgan fingerprint density at radius 2 is 1.81 bits per heavy atom. The Morgan fingerprint density at radius 1 is 1.10 bits per heavy atom. The summed E-state index contributed by atoms with van der Waals surface area (Å²) in [6.45, 7) is 1.18. The van der Waals surface area contributed by atoms with Gasteiger partial charge in [-0.25, -0.2) is 0 Å². The fourth-order valence-corrected chi connectivity index (χ4v) is 4.89. The predicted octanol–water partition coefficient (Wildman–Crippen LogP) is 4.88. The van der Waals surface area contributed by atoms with Crippen LogP contribution in [0.15, 0.2) is 53.3 Å². The summed E-state index contributed by atoms with van der Waals surface area (Å²) in [4.78, 5) is 28.6. The molecule has 1 saturated carbocycles. The van der Waals surface area contributed by atoms with Gasteiger partial charge in [0.2, 0.25) is 5.91 Å². The van der Waals surface area contributed by atoms with Crippen LogP contribution in [0, 0.1) is 16.6 Å². The van der Waals surface area contributed by atoms with E-state index in [1.165, 1.54) is 0 Å². The van der Waals surface area contributed by atoms with Crippen molar-refractivity contribution in [2.24, 2.45) is 11.8 Å². The van der Waals surface area contributed by atoms with E-state index in [-0.39, 0.29) is 17.4 Å². The van der Waals surface area contributed by atoms with Gasteiger partial charge >= 0.3 is 0 Å². The van der Waals surface area contributed by atoms with E-state index in [0.717, 1.165) is 48.2 Å². The van der Waals surface area contributed by atoms with Crippen LogP contribution in [0.4, 0.5) is 0 Å². The van der Waals surface area contributed by atoms with Crippen LogP contribution in [0.5, 0.6) is 0 Å². The Morgan fingerprint density at radius 3 is 2.58 bits per heavy atom. The second-order valence-electron chi connectivity index (χ2n) is 8.24. The first kappa shape index (κ1) is 21.8. The van der Waals surface area contributed by atoms with Crippen molar-refractivity contribution in [3.05, 3.63) is 74.2 Å². The van der Waals surface area contributed by atoms with E-state index in [1.54, 1.807) is 4.57 Å². The zero-order valence-corrected chi connectivity index (χ0v) is 18.8. The van der Waals surface area contributed by atoms with Gasteiger partial charge < -0.3 is 10.3 Å². The largest absolute Gasteiger partial charge is 0.356 e. The predicted molar refractivity (Wildman–Crippen MR) is 127 cm³/mol. The van der Waals surface area contributed by atoms with E-state index < -0.39 is 0 Å². The lowest BCUT2D eigenvalue weighted by Crippen LogP contribution is -2.35. The van der Waals surface area contributed by atoms with Crippen LogP contribution in [-0.2, 0) is 17.8 Å². The van der Waals surface area contributed by atoms with Crippen molar-refractivity contribution in [3.8, 4) is 0 Å². The fourth-order valence-electron chi connectivity index (χ4n) is 4.40. The number of H-pyrrole nitrogens is 1. The molecule has 4 rings (SSSR count). The second-order valence-corrected chi connectivity index (χ2v) is 9.04. The first-order chi connectivity index (χ1) is 15.0. The van der Waals surface area contributed by atoms with Gasteiger partial charge in [0.05, 0.1) is 10.9 Å². The third-order valence-electron chi connectivity index (χ3n) is 6.20. The number of carbonyl (C=O) groups is 1. The van der Waals surface area contributed by atoms with E-state index in [0.29, 0.717) is 29.2 Å². The number of aromatic amines is 1. The lowest BCUT2D eigenvalue weighted by molar-refractivity contribution is -0.126. The number of aromatic nitrogens is 2. The van der Waals surface area contributed by atoms with Crippen LogP contribution < -0.4 is 10.9 Å². The standard InChI is InChI=1S/C24H26ClN3O2S/c25-20-7-3-1-5-17(20)13-14-26-22(29)18-11-9-16(10-12-18)15-28-23(30)19-6-2-4-8-21(19)27-24(28)31/h1-8,16,18H,9-15H2,(H,26,29)(H,27,31). The molecule has 1 amide bonds. The molecule has 1 aromatic heterocycles. The van der Waals surface area contributed by atoms with Crippen molar-refractivity contribution >= 4 is 40.6 Å². The van der Waals surface area contributed by atoms with Gasteiger partial charge in [-0.1, -0.05) is 41.9 Å². The molecule has 0 spiro atoms.